The number of para-hydroxylation sites is 1. The molecule has 2 aromatic rings. The van der Waals surface area contributed by atoms with Gasteiger partial charge in [-0.25, -0.2) is 4.79 Å². The van der Waals surface area contributed by atoms with Crippen LogP contribution in [0.4, 0.5) is 0 Å². The molecule has 2 rings (SSSR count). The van der Waals surface area contributed by atoms with Gasteiger partial charge in [-0.15, -0.1) is 0 Å². The molecule has 0 saturated heterocycles. The Morgan fingerprint density at radius 3 is 2.26 bits per heavy atom. The quantitative estimate of drug-likeness (QED) is 0.854. The SMILES string of the molecule is Cc1cc(C)cc(C[C@@H](Oc2ccccc2C(C)C)C(=O)O)c1. The monoisotopic (exact) mass is 312 g/mol. The van der Waals surface area contributed by atoms with E-state index in [-0.39, 0.29) is 5.92 Å². The van der Waals surface area contributed by atoms with E-state index in [2.05, 4.69) is 19.9 Å². The Kier molecular flexibility index (Phi) is 5.43. The zero-order valence-corrected chi connectivity index (χ0v) is 14.2. The van der Waals surface area contributed by atoms with Crippen LogP contribution in [-0.4, -0.2) is 17.2 Å². The van der Waals surface area contributed by atoms with Crippen molar-refractivity contribution in [1.82, 2.24) is 0 Å². The highest BCUT2D eigenvalue weighted by Crippen LogP contribution is 2.27. The van der Waals surface area contributed by atoms with E-state index in [9.17, 15) is 9.90 Å². The zero-order valence-electron chi connectivity index (χ0n) is 14.2. The van der Waals surface area contributed by atoms with Gasteiger partial charge in [0, 0.05) is 6.42 Å². The Hall–Kier alpha value is -2.29. The summed E-state index contributed by atoms with van der Waals surface area (Å²) >= 11 is 0. The van der Waals surface area contributed by atoms with Gasteiger partial charge in [0.15, 0.2) is 6.10 Å². The second-order valence-electron chi connectivity index (χ2n) is 6.34. The normalized spacial score (nSPS) is 12.2. The summed E-state index contributed by atoms with van der Waals surface area (Å²) in [6.45, 7) is 8.17. The van der Waals surface area contributed by atoms with Gasteiger partial charge in [0.2, 0.25) is 0 Å². The molecule has 23 heavy (non-hydrogen) atoms. The Morgan fingerprint density at radius 1 is 1.09 bits per heavy atom. The van der Waals surface area contributed by atoms with Crippen LogP contribution in [-0.2, 0) is 11.2 Å². The van der Waals surface area contributed by atoms with Crippen LogP contribution < -0.4 is 4.74 Å². The summed E-state index contributed by atoms with van der Waals surface area (Å²) in [5.41, 5.74) is 4.27. The molecule has 2 aromatic carbocycles. The third-order valence-corrected chi connectivity index (χ3v) is 3.79. The largest absolute Gasteiger partial charge is 0.478 e. The molecule has 0 aliphatic carbocycles. The van der Waals surface area contributed by atoms with Crippen LogP contribution in [0.15, 0.2) is 42.5 Å². The first-order valence-corrected chi connectivity index (χ1v) is 7.92. The fraction of sp³-hybridized carbons (Fsp3) is 0.350. The van der Waals surface area contributed by atoms with Crippen LogP contribution in [0.25, 0.3) is 0 Å². The van der Waals surface area contributed by atoms with E-state index < -0.39 is 12.1 Å². The molecule has 0 radical (unpaired) electrons. The maximum absolute atomic E-state index is 11.6. The lowest BCUT2D eigenvalue weighted by Crippen LogP contribution is -2.30. The van der Waals surface area contributed by atoms with Crippen LogP contribution in [0.5, 0.6) is 5.75 Å². The van der Waals surface area contributed by atoms with Gasteiger partial charge in [-0.2, -0.15) is 0 Å². The van der Waals surface area contributed by atoms with E-state index in [1.165, 1.54) is 0 Å². The predicted molar refractivity (Wildman–Crippen MR) is 92.2 cm³/mol. The number of aliphatic carboxylic acids is 1. The Labute approximate surface area is 137 Å². The first-order chi connectivity index (χ1) is 10.9. The predicted octanol–water partition coefficient (Wildman–Crippen LogP) is 4.50. The molecule has 0 aromatic heterocycles. The number of aryl methyl sites for hydroxylation is 2. The third kappa shape index (κ3) is 4.59. The van der Waals surface area contributed by atoms with E-state index >= 15 is 0 Å². The van der Waals surface area contributed by atoms with Crippen molar-refractivity contribution in [2.24, 2.45) is 0 Å². The van der Waals surface area contributed by atoms with Crippen molar-refractivity contribution < 1.29 is 14.6 Å². The molecule has 122 valence electrons. The average molecular weight is 312 g/mol. The third-order valence-electron chi connectivity index (χ3n) is 3.79. The van der Waals surface area contributed by atoms with Crippen molar-refractivity contribution in [3.63, 3.8) is 0 Å². The molecule has 0 unspecified atom stereocenters. The molecule has 0 fully saturated rings. The smallest absolute Gasteiger partial charge is 0.345 e. The van der Waals surface area contributed by atoms with Crippen LogP contribution in [0.3, 0.4) is 0 Å². The van der Waals surface area contributed by atoms with E-state index in [0.717, 1.165) is 22.3 Å². The van der Waals surface area contributed by atoms with Gasteiger partial charge >= 0.3 is 5.97 Å². The van der Waals surface area contributed by atoms with Crippen molar-refractivity contribution >= 4 is 5.97 Å². The number of hydrogen-bond donors (Lipinski definition) is 1. The van der Waals surface area contributed by atoms with Gasteiger partial charge < -0.3 is 9.84 Å². The van der Waals surface area contributed by atoms with E-state index in [1.807, 2.05) is 50.2 Å². The molecule has 0 amide bonds. The number of carboxylic acids is 1. The highest BCUT2D eigenvalue weighted by atomic mass is 16.5. The number of hydrogen-bond acceptors (Lipinski definition) is 2. The van der Waals surface area contributed by atoms with Gasteiger partial charge in [-0.05, 0) is 37.0 Å². The van der Waals surface area contributed by atoms with Gasteiger partial charge in [0.25, 0.3) is 0 Å². The Balaban J connectivity index is 2.24. The highest BCUT2D eigenvalue weighted by Gasteiger charge is 2.22. The summed E-state index contributed by atoms with van der Waals surface area (Å²) in [6.07, 6.45) is -0.541. The minimum Gasteiger partial charge on any atom is -0.478 e. The van der Waals surface area contributed by atoms with Crippen molar-refractivity contribution in [1.29, 1.82) is 0 Å². The molecule has 1 atom stereocenters. The van der Waals surface area contributed by atoms with Crippen LogP contribution in [0, 0.1) is 13.8 Å². The molecule has 3 nitrogen and oxygen atoms in total. The fourth-order valence-corrected chi connectivity index (χ4v) is 2.80. The van der Waals surface area contributed by atoms with E-state index in [0.29, 0.717) is 12.2 Å². The minimum absolute atomic E-state index is 0.279. The van der Waals surface area contributed by atoms with Crippen molar-refractivity contribution in [3.05, 3.63) is 64.7 Å². The summed E-state index contributed by atoms with van der Waals surface area (Å²) in [5.74, 6) is -0.0103. The van der Waals surface area contributed by atoms with E-state index in [4.69, 9.17) is 4.74 Å². The molecule has 0 bridgehead atoms. The standard InChI is InChI=1S/C20H24O3/c1-13(2)17-7-5-6-8-18(17)23-19(20(21)22)12-16-10-14(3)9-15(4)11-16/h5-11,13,19H,12H2,1-4H3,(H,21,22)/t19-/m1/s1. The van der Waals surface area contributed by atoms with E-state index in [1.54, 1.807) is 0 Å². The number of carbonyl (C=O) groups is 1. The average Bonchev–Trinajstić information content (AvgIpc) is 2.45. The maximum atomic E-state index is 11.6. The second-order valence-corrected chi connectivity index (χ2v) is 6.34. The first kappa shape index (κ1) is 17.1. The topological polar surface area (TPSA) is 46.5 Å². The Bertz CT molecular complexity index is 669. The maximum Gasteiger partial charge on any atom is 0.345 e. The number of rotatable bonds is 6. The summed E-state index contributed by atoms with van der Waals surface area (Å²) < 4.78 is 5.85. The second kappa shape index (κ2) is 7.32. The number of carboxylic acid groups (broad SMARTS) is 1. The summed E-state index contributed by atoms with van der Waals surface area (Å²) in [6, 6.07) is 13.7. The fourth-order valence-electron chi connectivity index (χ4n) is 2.80. The lowest BCUT2D eigenvalue weighted by molar-refractivity contribution is -0.145. The zero-order chi connectivity index (χ0) is 17.0. The van der Waals surface area contributed by atoms with Crippen LogP contribution in [0.2, 0.25) is 0 Å². The molecule has 1 N–H and O–H groups in total. The number of ether oxygens (including phenoxy) is 1. The molecule has 0 aliphatic heterocycles. The molecule has 0 aliphatic rings. The lowest BCUT2D eigenvalue weighted by atomic mass is 10.0. The van der Waals surface area contributed by atoms with Gasteiger partial charge in [-0.3, -0.25) is 0 Å². The number of benzene rings is 2. The van der Waals surface area contributed by atoms with Crippen LogP contribution >= 0.6 is 0 Å². The van der Waals surface area contributed by atoms with Gasteiger partial charge in [-0.1, -0.05) is 61.4 Å². The van der Waals surface area contributed by atoms with Gasteiger partial charge in [0.1, 0.15) is 5.75 Å². The van der Waals surface area contributed by atoms with Crippen molar-refractivity contribution in [2.45, 2.75) is 46.1 Å². The molecule has 3 heteroatoms. The molecule has 0 spiro atoms. The molecular weight excluding hydrogens is 288 g/mol. The lowest BCUT2D eigenvalue weighted by Gasteiger charge is -2.19. The van der Waals surface area contributed by atoms with Crippen molar-refractivity contribution in [2.75, 3.05) is 0 Å². The minimum atomic E-state index is -0.942. The molecule has 0 saturated carbocycles. The first-order valence-electron chi connectivity index (χ1n) is 7.92. The van der Waals surface area contributed by atoms with Crippen molar-refractivity contribution in [3.8, 4) is 5.75 Å². The summed E-state index contributed by atoms with van der Waals surface area (Å²) in [7, 11) is 0. The Morgan fingerprint density at radius 2 is 1.70 bits per heavy atom. The highest BCUT2D eigenvalue weighted by molar-refractivity contribution is 5.73. The molecule has 0 heterocycles. The molecular formula is C20H24O3. The van der Waals surface area contributed by atoms with Crippen LogP contribution in [0.1, 0.15) is 42.0 Å². The summed E-state index contributed by atoms with van der Waals surface area (Å²) in [5, 5.41) is 9.54. The summed E-state index contributed by atoms with van der Waals surface area (Å²) in [4.78, 5) is 11.6. The van der Waals surface area contributed by atoms with Gasteiger partial charge in [0.05, 0.1) is 0 Å².